The van der Waals surface area contributed by atoms with E-state index in [0.717, 1.165) is 47.1 Å². The van der Waals surface area contributed by atoms with Crippen LogP contribution >= 0.6 is 0 Å². The Kier molecular flexibility index (Phi) is 4.35. The van der Waals surface area contributed by atoms with Crippen molar-refractivity contribution >= 4 is 27.7 Å². The molecule has 24 heavy (non-hydrogen) atoms. The lowest BCUT2D eigenvalue weighted by Gasteiger charge is -2.18. The van der Waals surface area contributed by atoms with E-state index in [-0.39, 0.29) is 5.78 Å². The molecule has 4 rings (SSSR count). The van der Waals surface area contributed by atoms with E-state index >= 15 is 0 Å². The highest BCUT2D eigenvalue weighted by atomic mass is 16.3. The number of hydrogen-bond donors (Lipinski definition) is 0. The second-order valence-corrected chi connectivity index (χ2v) is 6.74. The molecule has 1 fully saturated rings. The van der Waals surface area contributed by atoms with Crippen LogP contribution in [0.5, 0.6) is 0 Å². The van der Waals surface area contributed by atoms with Crippen molar-refractivity contribution in [2.75, 3.05) is 19.6 Å². The van der Waals surface area contributed by atoms with Gasteiger partial charge in [0.15, 0.2) is 5.78 Å². The Labute approximate surface area is 142 Å². The molecule has 0 saturated carbocycles. The van der Waals surface area contributed by atoms with Gasteiger partial charge in [-0.3, -0.25) is 4.79 Å². The van der Waals surface area contributed by atoms with Gasteiger partial charge >= 0.3 is 0 Å². The summed E-state index contributed by atoms with van der Waals surface area (Å²) in [6.45, 7) is 3.15. The molecule has 124 valence electrons. The molecule has 0 N–H and O–H groups in total. The highest BCUT2D eigenvalue weighted by Gasteiger charge is 2.14. The van der Waals surface area contributed by atoms with E-state index in [2.05, 4.69) is 4.90 Å². The fourth-order valence-corrected chi connectivity index (χ4v) is 3.66. The van der Waals surface area contributed by atoms with Gasteiger partial charge in [0.05, 0.1) is 0 Å². The van der Waals surface area contributed by atoms with E-state index in [1.165, 1.54) is 25.7 Å². The normalized spacial score (nSPS) is 16.5. The third-order valence-electron chi connectivity index (χ3n) is 5.05. The summed E-state index contributed by atoms with van der Waals surface area (Å²) >= 11 is 0. The molecule has 0 amide bonds. The molecule has 0 aliphatic carbocycles. The number of benzene rings is 2. The van der Waals surface area contributed by atoms with Gasteiger partial charge in [-0.05, 0) is 50.2 Å². The van der Waals surface area contributed by atoms with Crippen LogP contribution in [0.25, 0.3) is 21.9 Å². The number of fused-ring (bicyclic) bond motifs is 3. The Balaban J connectivity index is 1.52. The van der Waals surface area contributed by atoms with Crippen LogP contribution in [0.15, 0.2) is 46.9 Å². The highest BCUT2D eigenvalue weighted by Crippen LogP contribution is 2.29. The van der Waals surface area contributed by atoms with E-state index in [4.69, 9.17) is 4.42 Å². The van der Waals surface area contributed by atoms with Gasteiger partial charge < -0.3 is 9.32 Å². The van der Waals surface area contributed by atoms with E-state index in [1.54, 1.807) is 0 Å². The Bertz CT molecular complexity index is 857. The van der Waals surface area contributed by atoms with Crippen molar-refractivity contribution in [1.82, 2.24) is 4.90 Å². The first-order chi connectivity index (χ1) is 11.8. The first-order valence-electron chi connectivity index (χ1n) is 8.98. The topological polar surface area (TPSA) is 33.5 Å². The zero-order chi connectivity index (χ0) is 16.4. The van der Waals surface area contributed by atoms with Gasteiger partial charge in [-0.1, -0.05) is 31.0 Å². The summed E-state index contributed by atoms with van der Waals surface area (Å²) in [7, 11) is 0. The number of carbonyl (C=O) groups excluding carboxylic acids is 1. The third kappa shape index (κ3) is 3.09. The summed E-state index contributed by atoms with van der Waals surface area (Å²) in [5, 5.41) is 2.11. The summed E-state index contributed by atoms with van der Waals surface area (Å²) in [6.07, 6.45) is 5.78. The van der Waals surface area contributed by atoms with Crippen LogP contribution in [0.1, 0.15) is 42.5 Å². The van der Waals surface area contributed by atoms with Gasteiger partial charge in [0, 0.05) is 29.3 Å². The zero-order valence-electron chi connectivity index (χ0n) is 14.0. The molecule has 0 spiro atoms. The van der Waals surface area contributed by atoms with Crippen LogP contribution in [0.3, 0.4) is 0 Å². The van der Waals surface area contributed by atoms with Crippen molar-refractivity contribution in [3.63, 3.8) is 0 Å². The lowest BCUT2D eigenvalue weighted by atomic mass is 10.0. The Morgan fingerprint density at radius 2 is 1.67 bits per heavy atom. The van der Waals surface area contributed by atoms with E-state index in [0.29, 0.717) is 6.42 Å². The van der Waals surface area contributed by atoms with Crippen molar-refractivity contribution in [3.05, 3.63) is 48.0 Å². The van der Waals surface area contributed by atoms with Gasteiger partial charge in [-0.15, -0.1) is 0 Å². The smallest absolute Gasteiger partial charge is 0.164 e. The maximum atomic E-state index is 12.6. The maximum Gasteiger partial charge on any atom is 0.164 e. The van der Waals surface area contributed by atoms with Crippen LogP contribution < -0.4 is 0 Å². The molecule has 3 aromatic rings. The van der Waals surface area contributed by atoms with Crippen LogP contribution in [0.4, 0.5) is 0 Å². The molecular formula is C21H23NO2. The van der Waals surface area contributed by atoms with Crippen LogP contribution in [0, 0.1) is 0 Å². The first-order valence-corrected chi connectivity index (χ1v) is 8.98. The van der Waals surface area contributed by atoms with Crippen molar-refractivity contribution in [3.8, 4) is 0 Å². The summed E-state index contributed by atoms with van der Waals surface area (Å²) < 4.78 is 5.84. The summed E-state index contributed by atoms with van der Waals surface area (Å²) in [5.74, 6) is 0.228. The van der Waals surface area contributed by atoms with Crippen molar-refractivity contribution in [2.45, 2.75) is 32.1 Å². The second-order valence-electron chi connectivity index (χ2n) is 6.74. The number of likely N-dealkylation sites (tertiary alicyclic amines) is 1. The van der Waals surface area contributed by atoms with E-state index in [9.17, 15) is 4.79 Å². The predicted octanol–water partition coefficient (Wildman–Crippen LogP) is 5.03. The van der Waals surface area contributed by atoms with Gasteiger partial charge in [-0.25, -0.2) is 0 Å². The number of carbonyl (C=O) groups is 1. The molecule has 2 aromatic carbocycles. The highest BCUT2D eigenvalue weighted by molar-refractivity contribution is 6.08. The molecule has 0 bridgehead atoms. The van der Waals surface area contributed by atoms with Crippen LogP contribution in [0.2, 0.25) is 0 Å². The Hall–Kier alpha value is -2.13. The monoisotopic (exact) mass is 321 g/mol. The number of Topliss-reactive ketones (excluding diaryl/α,β-unsaturated/α-hetero) is 1. The molecule has 1 aliphatic rings. The molecule has 1 aromatic heterocycles. The van der Waals surface area contributed by atoms with Gasteiger partial charge in [0.2, 0.25) is 0 Å². The lowest BCUT2D eigenvalue weighted by Crippen LogP contribution is -2.27. The predicted molar refractivity (Wildman–Crippen MR) is 97.6 cm³/mol. The largest absolute Gasteiger partial charge is 0.456 e. The molecule has 0 radical (unpaired) electrons. The van der Waals surface area contributed by atoms with E-state index in [1.807, 2.05) is 42.5 Å². The maximum absolute atomic E-state index is 12.6. The molecular weight excluding hydrogens is 298 g/mol. The Morgan fingerprint density at radius 1 is 0.917 bits per heavy atom. The summed E-state index contributed by atoms with van der Waals surface area (Å²) in [4.78, 5) is 15.1. The SMILES string of the molecule is O=C(CCN1CCCCCC1)c1ccc2oc3ccccc3c2c1. The molecule has 3 nitrogen and oxygen atoms in total. The molecule has 2 heterocycles. The van der Waals surface area contributed by atoms with Crippen molar-refractivity contribution in [2.24, 2.45) is 0 Å². The van der Waals surface area contributed by atoms with Gasteiger partial charge in [0.1, 0.15) is 11.2 Å². The van der Waals surface area contributed by atoms with Crippen LogP contribution in [-0.4, -0.2) is 30.3 Å². The average Bonchev–Trinajstić information content (AvgIpc) is 2.78. The van der Waals surface area contributed by atoms with Crippen molar-refractivity contribution in [1.29, 1.82) is 0 Å². The van der Waals surface area contributed by atoms with Crippen LogP contribution in [-0.2, 0) is 0 Å². The first kappa shape index (κ1) is 15.4. The minimum atomic E-state index is 0.228. The quantitative estimate of drug-likeness (QED) is 0.632. The molecule has 3 heteroatoms. The standard InChI is InChI=1S/C21H23NO2/c23-19(11-14-22-12-5-1-2-6-13-22)16-9-10-21-18(15-16)17-7-3-4-8-20(17)24-21/h3-4,7-10,15H,1-2,5-6,11-14H2. The molecule has 0 unspecified atom stereocenters. The number of hydrogen-bond acceptors (Lipinski definition) is 3. The van der Waals surface area contributed by atoms with Crippen molar-refractivity contribution < 1.29 is 9.21 Å². The molecule has 0 atom stereocenters. The van der Waals surface area contributed by atoms with Gasteiger partial charge in [-0.2, -0.15) is 0 Å². The summed E-state index contributed by atoms with van der Waals surface area (Å²) in [5.41, 5.74) is 2.52. The number of furan rings is 1. The minimum Gasteiger partial charge on any atom is -0.456 e. The number of nitrogens with zero attached hydrogens (tertiary/aromatic N) is 1. The fraction of sp³-hybridized carbons (Fsp3) is 0.381. The third-order valence-corrected chi connectivity index (χ3v) is 5.05. The second kappa shape index (κ2) is 6.78. The van der Waals surface area contributed by atoms with E-state index < -0.39 is 0 Å². The molecule has 1 aliphatic heterocycles. The Morgan fingerprint density at radius 3 is 2.50 bits per heavy atom. The number of para-hydroxylation sites is 1. The fourth-order valence-electron chi connectivity index (χ4n) is 3.66. The van der Waals surface area contributed by atoms with Gasteiger partial charge in [0.25, 0.3) is 0 Å². The lowest BCUT2D eigenvalue weighted by molar-refractivity contribution is 0.0965. The number of rotatable bonds is 4. The molecule has 1 saturated heterocycles. The zero-order valence-corrected chi connectivity index (χ0v) is 14.0. The summed E-state index contributed by atoms with van der Waals surface area (Å²) in [6, 6.07) is 13.8. The number of ketones is 1. The minimum absolute atomic E-state index is 0.228. The average molecular weight is 321 g/mol.